The van der Waals surface area contributed by atoms with Crippen molar-refractivity contribution in [2.75, 3.05) is 26.8 Å². The van der Waals surface area contributed by atoms with Crippen LogP contribution in [0.3, 0.4) is 0 Å². The maximum Gasteiger partial charge on any atom is 0.118 e. The van der Waals surface area contributed by atoms with Crippen molar-refractivity contribution >= 4 is 0 Å². The van der Waals surface area contributed by atoms with Crippen LogP contribution in [0.5, 0.6) is 5.75 Å². The van der Waals surface area contributed by atoms with Crippen LogP contribution in [0, 0.1) is 5.92 Å². The van der Waals surface area contributed by atoms with E-state index in [2.05, 4.69) is 17.4 Å². The van der Waals surface area contributed by atoms with Gasteiger partial charge in [-0.25, -0.2) is 0 Å². The highest BCUT2D eigenvalue weighted by Crippen LogP contribution is 2.14. The molecule has 0 aliphatic carbocycles. The minimum absolute atomic E-state index is 0.682. The van der Waals surface area contributed by atoms with Gasteiger partial charge in [0.1, 0.15) is 5.75 Å². The van der Waals surface area contributed by atoms with Crippen LogP contribution in [0.15, 0.2) is 24.3 Å². The van der Waals surface area contributed by atoms with E-state index in [4.69, 9.17) is 9.47 Å². The summed E-state index contributed by atoms with van der Waals surface area (Å²) in [5, 5.41) is 3.40. The number of methoxy groups -OCH3 is 1. The summed E-state index contributed by atoms with van der Waals surface area (Å²) in [6.45, 7) is 3.82. The monoisotopic (exact) mass is 235 g/mol. The van der Waals surface area contributed by atoms with Gasteiger partial charge in [-0.15, -0.1) is 0 Å². The molecule has 0 radical (unpaired) electrons. The highest BCUT2D eigenvalue weighted by Gasteiger charge is 2.12. The van der Waals surface area contributed by atoms with E-state index >= 15 is 0 Å². The quantitative estimate of drug-likeness (QED) is 0.848. The molecule has 1 aromatic rings. The molecular weight excluding hydrogens is 214 g/mol. The van der Waals surface area contributed by atoms with Crippen molar-refractivity contribution in [2.24, 2.45) is 5.92 Å². The summed E-state index contributed by atoms with van der Waals surface area (Å²) >= 11 is 0. The molecule has 0 saturated carbocycles. The molecule has 0 aromatic heterocycles. The Balaban J connectivity index is 1.69. The highest BCUT2D eigenvalue weighted by molar-refractivity contribution is 5.26. The Kier molecular flexibility index (Phi) is 4.83. The average molecular weight is 235 g/mol. The Hall–Kier alpha value is -1.06. The van der Waals surface area contributed by atoms with Gasteiger partial charge in [0.15, 0.2) is 0 Å². The predicted molar refractivity (Wildman–Crippen MR) is 68.2 cm³/mol. The zero-order valence-electron chi connectivity index (χ0n) is 10.4. The molecule has 3 nitrogen and oxygen atoms in total. The van der Waals surface area contributed by atoms with Gasteiger partial charge in [-0.3, -0.25) is 0 Å². The fourth-order valence-electron chi connectivity index (χ4n) is 2.13. The first-order valence-electron chi connectivity index (χ1n) is 6.30. The van der Waals surface area contributed by atoms with E-state index in [0.29, 0.717) is 12.5 Å². The molecule has 0 amide bonds. The minimum atomic E-state index is 0.682. The molecule has 2 rings (SSSR count). The van der Waals surface area contributed by atoms with Crippen molar-refractivity contribution in [3.05, 3.63) is 29.8 Å². The second-order valence-electron chi connectivity index (χ2n) is 4.58. The van der Waals surface area contributed by atoms with Crippen molar-refractivity contribution in [1.82, 2.24) is 5.32 Å². The number of ether oxygens (including phenoxy) is 2. The fourth-order valence-corrected chi connectivity index (χ4v) is 2.13. The summed E-state index contributed by atoms with van der Waals surface area (Å²) in [6.07, 6.45) is 2.56. The average Bonchev–Trinajstić information content (AvgIpc) is 2.41. The second kappa shape index (κ2) is 6.62. The molecule has 1 fully saturated rings. The molecule has 94 valence electrons. The van der Waals surface area contributed by atoms with Gasteiger partial charge in [-0.2, -0.15) is 0 Å². The Bertz CT molecular complexity index is 317. The van der Waals surface area contributed by atoms with Gasteiger partial charge in [-0.1, -0.05) is 12.1 Å². The third kappa shape index (κ3) is 4.02. The lowest BCUT2D eigenvalue weighted by Crippen LogP contribution is -2.32. The second-order valence-corrected chi connectivity index (χ2v) is 4.58. The first-order chi connectivity index (χ1) is 8.38. The van der Waals surface area contributed by atoms with E-state index in [1.807, 2.05) is 12.1 Å². The third-order valence-electron chi connectivity index (χ3n) is 3.18. The van der Waals surface area contributed by atoms with Gasteiger partial charge in [0, 0.05) is 6.54 Å². The van der Waals surface area contributed by atoms with Crippen LogP contribution in [-0.4, -0.2) is 26.8 Å². The lowest BCUT2D eigenvalue weighted by atomic mass is 10.0. The van der Waals surface area contributed by atoms with E-state index in [1.165, 1.54) is 18.4 Å². The smallest absolute Gasteiger partial charge is 0.118 e. The zero-order chi connectivity index (χ0) is 11.9. The van der Waals surface area contributed by atoms with Crippen LogP contribution < -0.4 is 10.1 Å². The van der Waals surface area contributed by atoms with Crippen LogP contribution >= 0.6 is 0 Å². The normalized spacial score (nSPS) is 20.2. The predicted octanol–water partition coefficient (Wildman–Crippen LogP) is 2.21. The summed E-state index contributed by atoms with van der Waals surface area (Å²) in [7, 11) is 1.68. The summed E-state index contributed by atoms with van der Waals surface area (Å²) in [5.74, 6) is 1.58. The van der Waals surface area contributed by atoms with Gasteiger partial charge in [-0.05, 0) is 43.0 Å². The summed E-state index contributed by atoms with van der Waals surface area (Å²) in [5.41, 5.74) is 1.20. The lowest BCUT2D eigenvalue weighted by Gasteiger charge is -2.22. The van der Waals surface area contributed by atoms with Crippen LogP contribution in [0.2, 0.25) is 0 Å². The molecule has 3 heteroatoms. The molecule has 1 heterocycles. The maximum absolute atomic E-state index is 5.75. The van der Waals surface area contributed by atoms with Crippen molar-refractivity contribution < 1.29 is 9.47 Å². The van der Waals surface area contributed by atoms with Gasteiger partial charge in [0.05, 0.1) is 20.3 Å². The Morgan fingerprint density at radius 3 is 2.76 bits per heavy atom. The van der Waals surface area contributed by atoms with E-state index < -0.39 is 0 Å². The van der Waals surface area contributed by atoms with Gasteiger partial charge >= 0.3 is 0 Å². The zero-order valence-corrected chi connectivity index (χ0v) is 10.4. The molecule has 17 heavy (non-hydrogen) atoms. The SMILES string of the molecule is COc1ccc(COC[C@@H]2CCCNC2)cc1. The Labute approximate surface area is 103 Å². The van der Waals surface area contributed by atoms with Crippen LogP contribution in [0.1, 0.15) is 18.4 Å². The molecule has 1 N–H and O–H groups in total. The van der Waals surface area contributed by atoms with Crippen LogP contribution in [-0.2, 0) is 11.3 Å². The summed E-state index contributed by atoms with van der Waals surface area (Å²) < 4.78 is 10.9. The van der Waals surface area contributed by atoms with E-state index in [1.54, 1.807) is 7.11 Å². The van der Waals surface area contributed by atoms with E-state index in [-0.39, 0.29) is 0 Å². The Morgan fingerprint density at radius 1 is 1.29 bits per heavy atom. The van der Waals surface area contributed by atoms with Crippen molar-refractivity contribution in [2.45, 2.75) is 19.4 Å². The summed E-state index contributed by atoms with van der Waals surface area (Å²) in [4.78, 5) is 0. The number of hydrogen-bond acceptors (Lipinski definition) is 3. The third-order valence-corrected chi connectivity index (χ3v) is 3.18. The number of hydrogen-bond donors (Lipinski definition) is 1. The number of rotatable bonds is 5. The number of piperidine rings is 1. The summed E-state index contributed by atoms with van der Waals surface area (Å²) in [6, 6.07) is 8.05. The topological polar surface area (TPSA) is 30.5 Å². The van der Waals surface area contributed by atoms with Crippen molar-refractivity contribution in [3.8, 4) is 5.75 Å². The number of nitrogens with one attached hydrogen (secondary N) is 1. The molecular formula is C14H21NO2. The lowest BCUT2D eigenvalue weighted by molar-refractivity contribution is 0.0783. The molecule has 1 aromatic carbocycles. The first-order valence-corrected chi connectivity index (χ1v) is 6.30. The standard InChI is InChI=1S/C14H21NO2/c1-16-14-6-4-12(5-7-14)10-17-11-13-3-2-8-15-9-13/h4-7,13,15H,2-3,8-11H2,1H3/t13-/m1/s1. The molecule has 1 atom stereocenters. The highest BCUT2D eigenvalue weighted by atomic mass is 16.5. The first kappa shape index (κ1) is 12.4. The number of benzene rings is 1. The minimum Gasteiger partial charge on any atom is -0.497 e. The van der Waals surface area contributed by atoms with Crippen LogP contribution in [0.25, 0.3) is 0 Å². The van der Waals surface area contributed by atoms with Gasteiger partial charge in [0.25, 0.3) is 0 Å². The molecule has 0 spiro atoms. The van der Waals surface area contributed by atoms with Crippen molar-refractivity contribution in [3.63, 3.8) is 0 Å². The molecule has 1 aliphatic rings. The fraction of sp³-hybridized carbons (Fsp3) is 0.571. The van der Waals surface area contributed by atoms with E-state index in [0.717, 1.165) is 25.4 Å². The maximum atomic E-state index is 5.75. The van der Waals surface area contributed by atoms with Gasteiger partial charge < -0.3 is 14.8 Å². The molecule has 1 aliphatic heterocycles. The van der Waals surface area contributed by atoms with Gasteiger partial charge in [0.2, 0.25) is 0 Å². The largest absolute Gasteiger partial charge is 0.497 e. The Morgan fingerprint density at radius 2 is 2.12 bits per heavy atom. The molecule has 1 saturated heterocycles. The van der Waals surface area contributed by atoms with Crippen molar-refractivity contribution in [1.29, 1.82) is 0 Å². The van der Waals surface area contributed by atoms with E-state index in [9.17, 15) is 0 Å². The molecule has 0 unspecified atom stereocenters. The molecule has 0 bridgehead atoms. The van der Waals surface area contributed by atoms with Crippen LogP contribution in [0.4, 0.5) is 0 Å².